The second-order valence-electron chi connectivity index (χ2n) is 6.41. The van der Waals surface area contributed by atoms with Crippen LogP contribution >= 0.6 is 0 Å². The van der Waals surface area contributed by atoms with Gasteiger partial charge in [-0.05, 0) is 51.1 Å². The Bertz CT molecular complexity index is 515. The third-order valence-corrected chi connectivity index (χ3v) is 4.81. The van der Waals surface area contributed by atoms with E-state index in [1.54, 1.807) is 12.4 Å². The number of hydrogen-bond donors (Lipinski definition) is 2. The highest BCUT2D eigenvalue weighted by Gasteiger charge is 2.30. The number of carbonyl (C=O) groups excluding carboxylic acids is 1. The number of nitrogens with zero attached hydrogens (tertiary/aromatic N) is 3. The fourth-order valence-corrected chi connectivity index (χ4v) is 3.57. The van der Waals surface area contributed by atoms with E-state index in [2.05, 4.69) is 20.2 Å². The predicted octanol–water partition coefficient (Wildman–Crippen LogP) is 0.839. The Morgan fingerprint density at radius 1 is 1.27 bits per heavy atom. The van der Waals surface area contributed by atoms with E-state index in [0.29, 0.717) is 17.6 Å². The molecule has 0 aliphatic carbocycles. The van der Waals surface area contributed by atoms with Crippen LogP contribution in [0.15, 0.2) is 12.4 Å². The number of hydrogen-bond acceptors (Lipinski definition) is 5. The molecule has 1 atom stereocenters. The lowest BCUT2D eigenvalue weighted by atomic mass is 9.90. The Kier molecular flexibility index (Phi) is 4.87. The molecular formula is C16H25N5O. The van der Waals surface area contributed by atoms with Crippen molar-refractivity contribution in [2.24, 2.45) is 11.8 Å². The summed E-state index contributed by atoms with van der Waals surface area (Å²) in [6.45, 7) is 3.65. The Hall–Kier alpha value is -1.69. The summed E-state index contributed by atoms with van der Waals surface area (Å²) < 4.78 is 0. The van der Waals surface area contributed by atoms with Crippen molar-refractivity contribution in [1.29, 1.82) is 0 Å². The molecule has 1 aromatic heterocycles. The van der Waals surface area contributed by atoms with E-state index in [0.717, 1.165) is 64.0 Å². The summed E-state index contributed by atoms with van der Waals surface area (Å²) in [5, 5.41) is 3.32. The monoisotopic (exact) mass is 303 g/mol. The lowest BCUT2D eigenvalue weighted by Crippen LogP contribution is -2.45. The molecule has 22 heavy (non-hydrogen) atoms. The molecule has 3 rings (SSSR count). The van der Waals surface area contributed by atoms with Gasteiger partial charge in [0, 0.05) is 31.4 Å². The van der Waals surface area contributed by atoms with E-state index in [-0.39, 0.29) is 5.92 Å². The quantitative estimate of drug-likeness (QED) is 0.864. The molecule has 120 valence electrons. The lowest BCUT2D eigenvalue weighted by Gasteiger charge is -2.36. The van der Waals surface area contributed by atoms with Gasteiger partial charge in [0.1, 0.15) is 5.82 Å². The van der Waals surface area contributed by atoms with Crippen molar-refractivity contribution < 1.29 is 4.79 Å². The number of carbonyl (C=O) groups is 1. The third kappa shape index (κ3) is 3.55. The van der Waals surface area contributed by atoms with Crippen LogP contribution in [-0.2, 0) is 11.2 Å². The lowest BCUT2D eigenvalue weighted by molar-refractivity contribution is -0.138. The summed E-state index contributed by atoms with van der Waals surface area (Å²) in [6, 6.07) is 0. The molecule has 0 radical (unpaired) electrons. The van der Waals surface area contributed by atoms with Crippen molar-refractivity contribution in [2.75, 3.05) is 31.9 Å². The first-order valence-corrected chi connectivity index (χ1v) is 8.29. The minimum absolute atomic E-state index is 0.210. The standard InChI is InChI=1S/C16H25N5O/c17-15-14(19-7-8-20-15)10-12-2-1-9-21(11-12)16(22)13-3-5-18-6-4-13/h7-8,12-13,18H,1-6,9-11H2,(H2,17,20). The number of nitrogens with two attached hydrogens (primary N) is 1. The van der Waals surface area contributed by atoms with Gasteiger partial charge in [-0.2, -0.15) is 0 Å². The van der Waals surface area contributed by atoms with Gasteiger partial charge in [0.15, 0.2) is 0 Å². The number of amides is 1. The maximum absolute atomic E-state index is 12.7. The molecule has 1 aromatic rings. The Morgan fingerprint density at radius 2 is 2.05 bits per heavy atom. The zero-order valence-electron chi connectivity index (χ0n) is 13.0. The smallest absolute Gasteiger partial charge is 0.225 e. The van der Waals surface area contributed by atoms with Crippen LogP contribution in [0.2, 0.25) is 0 Å². The second kappa shape index (κ2) is 7.05. The van der Waals surface area contributed by atoms with Crippen molar-refractivity contribution in [1.82, 2.24) is 20.2 Å². The van der Waals surface area contributed by atoms with Crippen molar-refractivity contribution in [3.8, 4) is 0 Å². The number of nitrogen functional groups attached to an aromatic ring is 1. The second-order valence-corrected chi connectivity index (χ2v) is 6.41. The Labute approximate surface area is 131 Å². The summed E-state index contributed by atoms with van der Waals surface area (Å²) >= 11 is 0. The van der Waals surface area contributed by atoms with Crippen LogP contribution < -0.4 is 11.1 Å². The van der Waals surface area contributed by atoms with Crippen LogP contribution in [0.3, 0.4) is 0 Å². The molecule has 6 nitrogen and oxygen atoms in total. The fraction of sp³-hybridized carbons (Fsp3) is 0.688. The number of rotatable bonds is 3. The van der Waals surface area contributed by atoms with Crippen LogP contribution in [0.25, 0.3) is 0 Å². The first-order chi connectivity index (χ1) is 10.7. The van der Waals surface area contributed by atoms with Crippen molar-refractivity contribution in [3.63, 3.8) is 0 Å². The zero-order valence-corrected chi connectivity index (χ0v) is 13.0. The molecule has 3 heterocycles. The zero-order chi connectivity index (χ0) is 15.4. The van der Waals surface area contributed by atoms with Gasteiger partial charge < -0.3 is 16.0 Å². The predicted molar refractivity (Wildman–Crippen MR) is 85.0 cm³/mol. The minimum atomic E-state index is 0.210. The van der Waals surface area contributed by atoms with Gasteiger partial charge in [-0.15, -0.1) is 0 Å². The van der Waals surface area contributed by atoms with E-state index in [9.17, 15) is 4.79 Å². The number of aromatic nitrogens is 2. The Morgan fingerprint density at radius 3 is 2.82 bits per heavy atom. The molecule has 2 aliphatic heterocycles. The number of likely N-dealkylation sites (tertiary alicyclic amines) is 1. The molecule has 2 saturated heterocycles. The molecule has 1 amide bonds. The first kappa shape index (κ1) is 15.2. The highest BCUT2D eigenvalue weighted by atomic mass is 16.2. The summed E-state index contributed by atoms with van der Waals surface area (Å²) in [7, 11) is 0. The molecule has 0 aromatic carbocycles. The van der Waals surface area contributed by atoms with Gasteiger partial charge in [-0.1, -0.05) is 0 Å². The van der Waals surface area contributed by atoms with Crippen LogP contribution in [-0.4, -0.2) is 47.0 Å². The van der Waals surface area contributed by atoms with Crippen LogP contribution in [0, 0.1) is 11.8 Å². The van der Waals surface area contributed by atoms with Gasteiger partial charge in [0.2, 0.25) is 5.91 Å². The van der Waals surface area contributed by atoms with Crippen LogP contribution in [0.5, 0.6) is 0 Å². The molecule has 0 saturated carbocycles. The van der Waals surface area contributed by atoms with Crippen molar-refractivity contribution in [2.45, 2.75) is 32.1 Å². The molecular weight excluding hydrogens is 278 g/mol. The summed E-state index contributed by atoms with van der Waals surface area (Å²) in [5.74, 6) is 1.52. The minimum Gasteiger partial charge on any atom is -0.382 e. The van der Waals surface area contributed by atoms with Crippen LogP contribution in [0.4, 0.5) is 5.82 Å². The highest BCUT2D eigenvalue weighted by Crippen LogP contribution is 2.24. The molecule has 2 fully saturated rings. The SMILES string of the molecule is Nc1nccnc1CC1CCCN(C(=O)C2CCNCC2)C1. The maximum Gasteiger partial charge on any atom is 0.225 e. The average molecular weight is 303 g/mol. The topological polar surface area (TPSA) is 84.1 Å². The molecule has 3 N–H and O–H groups in total. The van der Waals surface area contributed by atoms with Crippen molar-refractivity contribution in [3.05, 3.63) is 18.1 Å². The normalized spacial score (nSPS) is 23.5. The first-order valence-electron chi connectivity index (χ1n) is 8.29. The van der Waals surface area contributed by atoms with E-state index in [4.69, 9.17) is 5.73 Å². The van der Waals surface area contributed by atoms with Crippen LogP contribution in [0.1, 0.15) is 31.4 Å². The molecule has 0 spiro atoms. The highest BCUT2D eigenvalue weighted by molar-refractivity contribution is 5.79. The molecule has 6 heteroatoms. The fourth-order valence-electron chi connectivity index (χ4n) is 3.57. The average Bonchev–Trinajstić information content (AvgIpc) is 2.57. The van der Waals surface area contributed by atoms with E-state index in [1.807, 2.05) is 0 Å². The van der Waals surface area contributed by atoms with E-state index in [1.165, 1.54) is 0 Å². The van der Waals surface area contributed by atoms with Gasteiger partial charge in [-0.3, -0.25) is 9.78 Å². The number of anilines is 1. The van der Waals surface area contributed by atoms with Crippen molar-refractivity contribution >= 4 is 11.7 Å². The van der Waals surface area contributed by atoms with Gasteiger partial charge in [0.05, 0.1) is 5.69 Å². The molecule has 2 aliphatic rings. The number of nitrogens with one attached hydrogen (secondary N) is 1. The Balaban J connectivity index is 1.59. The third-order valence-electron chi connectivity index (χ3n) is 4.81. The summed E-state index contributed by atoms with van der Waals surface area (Å²) in [5.41, 5.74) is 6.75. The molecule has 0 bridgehead atoms. The van der Waals surface area contributed by atoms with Gasteiger partial charge in [-0.25, -0.2) is 4.98 Å². The van der Waals surface area contributed by atoms with Gasteiger partial charge in [0.25, 0.3) is 0 Å². The van der Waals surface area contributed by atoms with E-state index >= 15 is 0 Å². The summed E-state index contributed by atoms with van der Waals surface area (Å²) in [4.78, 5) is 23.2. The molecule has 1 unspecified atom stereocenters. The number of piperidine rings is 2. The van der Waals surface area contributed by atoms with Gasteiger partial charge >= 0.3 is 0 Å². The van der Waals surface area contributed by atoms with E-state index < -0.39 is 0 Å². The maximum atomic E-state index is 12.7. The largest absolute Gasteiger partial charge is 0.382 e. The summed E-state index contributed by atoms with van der Waals surface area (Å²) in [6.07, 6.45) is 8.26.